The van der Waals surface area contributed by atoms with Gasteiger partial charge in [-0.2, -0.15) is 0 Å². The SMILES string of the molecule is c1ccc2cc3c(cc2c1)c1cc2ccccc2cc1n3C1=NC(c2cccc3oc4ccccc4c23)Nc2c1oc1ccccc21. The van der Waals surface area contributed by atoms with Crippen LogP contribution < -0.4 is 5.32 Å². The highest BCUT2D eigenvalue weighted by atomic mass is 16.3. The van der Waals surface area contributed by atoms with Crippen LogP contribution in [-0.2, 0) is 0 Å². The third kappa shape index (κ3) is 3.45. The highest BCUT2D eigenvalue weighted by Gasteiger charge is 2.32. The minimum Gasteiger partial charge on any atom is -0.456 e. The molecule has 5 heteroatoms. The molecule has 0 saturated heterocycles. The number of hydrogen-bond acceptors (Lipinski definition) is 4. The number of furan rings is 2. The first-order valence-corrected chi connectivity index (χ1v) is 15.9. The number of aromatic nitrogens is 1. The van der Waals surface area contributed by atoms with E-state index < -0.39 is 6.17 Å². The number of para-hydroxylation sites is 2. The van der Waals surface area contributed by atoms with Gasteiger partial charge in [0.1, 0.15) is 22.9 Å². The lowest BCUT2D eigenvalue weighted by Crippen LogP contribution is -2.24. The topological polar surface area (TPSA) is 55.6 Å². The molecule has 0 bridgehead atoms. The molecule has 0 aliphatic carbocycles. The maximum absolute atomic E-state index is 6.69. The van der Waals surface area contributed by atoms with Crippen molar-refractivity contribution in [2.75, 3.05) is 5.32 Å². The van der Waals surface area contributed by atoms with Crippen molar-refractivity contribution in [2.24, 2.45) is 4.99 Å². The van der Waals surface area contributed by atoms with E-state index in [-0.39, 0.29) is 0 Å². The normalized spacial score (nSPS) is 14.9. The molecule has 0 amide bonds. The second-order valence-electron chi connectivity index (χ2n) is 12.4. The van der Waals surface area contributed by atoms with E-state index in [9.17, 15) is 0 Å². The Hall–Kier alpha value is -6.33. The fourth-order valence-corrected chi connectivity index (χ4v) is 7.65. The third-order valence-corrected chi connectivity index (χ3v) is 9.77. The van der Waals surface area contributed by atoms with E-state index in [4.69, 9.17) is 13.8 Å². The summed E-state index contributed by atoms with van der Waals surface area (Å²) in [5, 5.41) is 14.1. The van der Waals surface area contributed by atoms with Crippen molar-refractivity contribution >= 4 is 87.8 Å². The van der Waals surface area contributed by atoms with Gasteiger partial charge in [-0.05, 0) is 70.1 Å². The Balaban J connectivity index is 1.28. The van der Waals surface area contributed by atoms with Crippen molar-refractivity contribution in [1.82, 2.24) is 4.57 Å². The maximum atomic E-state index is 6.69. The molecule has 3 aromatic heterocycles. The monoisotopic (exact) mass is 603 g/mol. The quantitative estimate of drug-likeness (QED) is 0.203. The van der Waals surface area contributed by atoms with Gasteiger partial charge < -0.3 is 14.2 Å². The molecule has 0 fully saturated rings. The van der Waals surface area contributed by atoms with Gasteiger partial charge in [-0.15, -0.1) is 0 Å². The van der Waals surface area contributed by atoms with Crippen LogP contribution in [-0.4, -0.2) is 10.4 Å². The molecule has 1 unspecified atom stereocenters. The van der Waals surface area contributed by atoms with Crippen molar-refractivity contribution in [3.63, 3.8) is 0 Å². The van der Waals surface area contributed by atoms with Crippen molar-refractivity contribution in [2.45, 2.75) is 6.17 Å². The van der Waals surface area contributed by atoms with Crippen LogP contribution in [0.25, 0.3) is 76.3 Å². The summed E-state index contributed by atoms with van der Waals surface area (Å²) in [6, 6.07) is 49.0. The summed E-state index contributed by atoms with van der Waals surface area (Å²) in [7, 11) is 0. The summed E-state index contributed by atoms with van der Waals surface area (Å²) < 4.78 is 15.3. The Bertz CT molecular complexity index is 2860. The molecule has 1 atom stereocenters. The third-order valence-electron chi connectivity index (χ3n) is 9.77. The van der Waals surface area contributed by atoms with Gasteiger partial charge in [-0.25, -0.2) is 4.99 Å². The predicted octanol–water partition coefficient (Wildman–Crippen LogP) is 11.2. The van der Waals surface area contributed by atoms with Crippen molar-refractivity contribution in [3.05, 3.63) is 151 Å². The van der Waals surface area contributed by atoms with Gasteiger partial charge in [0.05, 0.1) is 16.7 Å². The molecule has 10 aromatic rings. The molecule has 0 radical (unpaired) electrons. The minimum absolute atomic E-state index is 0.392. The second-order valence-corrected chi connectivity index (χ2v) is 12.4. The smallest absolute Gasteiger partial charge is 0.194 e. The molecule has 7 aromatic carbocycles. The van der Waals surface area contributed by atoms with Crippen LogP contribution >= 0.6 is 0 Å². The molecule has 0 spiro atoms. The van der Waals surface area contributed by atoms with E-state index in [1.54, 1.807) is 0 Å². The molecule has 47 heavy (non-hydrogen) atoms. The van der Waals surface area contributed by atoms with Crippen LogP contribution in [0.1, 0.15) is 17.5 Å². The number of rotatable bonds is 1. The van der Waals surface area contributed by atoms with Crippen LogP contribution in [0.2, 0.25) is 0 Å². The summed E-state index contributed by atoms with van der Waals surface area (Å²) in [6.07, 6.45) is -0.392. The Morgan fingerprint density at radius 2 is 1.06 bits per heavy atom. The molecule has 5 nitrogen and oxygen atoms in total. The number of hydrogen-bond donors (Lipinski definition) is 1. The number of fused-ring (bicyclic) bond motifs is 11. The maximum Gasteiger partial charge on any atom is 0.194 e. The summed E-state index contributed by atoms with van der Waals surface area (Å²) in [5.74, 6) is 1.50. The van der Waals surface area contributed by atoms with Gasteiger partial charge in [0.25, 0.3) is 0 Å². The first kappa shape index (κ1) is 24.9. The zero-order valence-corrected chi connectivity index (χ0v) is 25.1. The Kier molecular flexibility index (Phi) is 4.83. The zero-order valence-electron chi connectivity index (χ0n) is 25.1. The molecule has 4 heterocycles. The summed E-state index contributed by atoms with van der Waals surface area (Å²) >= 11 is 0. The Morgan fingerprint density at radius 3 is 1.74 bits per heavy atom. The van der Waals surface area contributed by atoms with Crippen molar-refractivity contribution in [1.29, 1.82) is 0 Å². The van der Waals surface area contributed by atoms with Gasteiger partial charge in [-0.3, -0.25) is 4.57 Å². The lowest BCUT2D eigenvalue weighted by molar-refractivity contribution is 0.595. The molecule has 1 aliphatic heterocycles. The van der Waals surface area contributed by atoms with E-state index in [2.05, 4.69) is 119 Å². The van der Waals surface area contributed by atoms with Gasteiger partial charge in [0.15, 0.2) is 11.6 Å². The van der Waals surface area contributed by atoms with Gasteiger partial charge >= 0.3 is 0 Å². The standard InChI is InChI=1S/C42H25N3O2/c1-3-12-26-22-33-31(20-24(26)10-1)32-21-25-11-2-4-13-27(25)23-34(32)45(33)42-40-39(29-15-6-8-18-36(29)47-40)43-41(44-42)30-16-9-19-37-38(30)28-14-5-7-17-35(28)46-37/h1-23,41,43H. The molecule has 0 saturated carbocycles. The Morgan fingerprint density at radius 1 is 0.511 bits per heavy atom. The average Bonchev–Trinajstić information content (AvgIpc) is 3.78. The van der Waals surface area contributed by atoms with E-state index >= 15 is 0 Å². The van der Waals surface area contributed by atoms with Crippen LogP contribution in [0.3, 0.4) is 0 Å². The van der Waals surface area contributed by atoms with Gasteiger partial charge in [0.2, 0.25) is 0 Å². The van der Waals surface area contributed by atoms with Crippen LogP contribution in [0.4, 0.5) is 5.69 Å². The number of aliphatic imine (C=N–C) groups is 1. The fourth-order valence-electron chi connectivity index (χ4n) is 7.65. The minimum atomic E-state index is -0.392. The number of nitrogens with zero attached hydrogens (tertiary/aromatic N) is 2. The highest BCUT2D eigenvalue weighted by molar-refractivity contribution is 6.24. The summed E-state index contributed by atoms with van der Waals surface area (Å²) in [6.45, 7) is 0. The van der Waals surface area contributed by atoms with E-state index in [1.165, 1.54) is 32.3 Å². The lowest BCUT2D eigenvalue weighted by Gasteiger charge is -2.24. The number of benzene rings is 7. The molecule has 1 aliphatic rings. The van der Waals surface area contributed by atoms with Crippen LogP contribution in [0.15, 0.2) is 153 Å². The molecule has 11 rings (SSSR count). The van der Waals surface area contributed by atoms with Crippen LogP contribution in [0, 0.1) is 0 Å². The van der Waals surface area contributed by atoms with Gasteiger partial charge in [-0.1, -0.05) is 91.0 Å². The average molecular weight is 604 g/mol. The van der Waals surface area contributed by atoms with Crippen molar-refractivity contribution < 1.29 is 8.83 Å². The molecular weight excluding hydrogens is 578 g/mol. The lowest BCUT2D eigenvalue weighted by atomic mass is 10.0. The van der Waals surface area contributed by atoms with E-state index in [1.807, 2.05) is 30.3 Å². The first-order chi connectivity index (χ1) is 23.3. The number of anilines is 1. The highest BCUT2D eigenvalue weighted by Crippen LogP contribution is 2.44. The second kappa shape index (κ2) is 9.12. The van der Waals surface area contributed by atoms with Crippen LogP contribution in [0.5, 0.6) is 0 Å². The molecule has 1 N–H and O–H groups in total. The van der Waals surface area contributed by atoms with E-state index in [0.29, 0.717) is 0 Å². The molecular formula is C42H25N3O2. The Labute approximate surface area is 267 Å². The molecule has 220 valence electrons. The largest absolute Gasteiger partial charge is 0.456 e. The zero-order chi connectivity index (χ0) is 30.6. The summed E-state index contributed by atoms with van der Waals surface area (Å²) in [4.78, 5) is 5.56. The first-order valence-electron chi connectivity index (χ1n) is 15.9. The summed E-state index contributed by atoms with van der Waals surface area (Å²) in [5.41, 5.74) is 6.71. The van der Waals surface area contributed by atoms with Crippen molar-refractivity contribution in [3.8, 4) is 0 Å². The van der Waals surface area contributed by atoms with E-state index in [0.717, 1.165) is 66.8 Å². The van der Waals surface area contributed by atoms with Gasteiger partial charge in [0, 0.05) is 32.5 Å². The number of nitrogens with one attached hydrogen (secondary N) is 1. The fraction of sp³-hybridized carbons (Fsp3) is 0.0238. The predicted molar refractivity (Wildman–Crippen MR) is 193 cm³/mol.